The Morgan fingerprint density at radius 2 is 0.680 bits per heavy atom. The zero-order valence-corrected chi connectivity index (χ0v) is 28.4. The van der Waals surface area contributed by atoms with Gasteiger partial charge in [0.25, 0.3) is 0 Å². The van der Waals surface area contributed by atoms with Crippen LogP contribution in [0.1, 0.15) is 0 Å². The number of hydrogen-bond donors (Lipinski definition) is 0. The number of nitrogens with zero attached hydrogens (tertiary/aromatic N) is 3. The summed E-state index contributed by atoms with van der Waals surface area (Å²) in [4.78, 5) is 15.0. The highest BCUT2D eigenvalue weighted by Gasteiger charge is 2.15. The highest BCUT2D eigenvalue weighted by atomic mass is 32.1. The van der Waals surface area contributed by atoms with Gasteiger partial charge < -0.3 is 0 Å². The highest BCUT2D eigenvalue weighted by molar-refractivity contribution is 7.26. The third kappa shape index (κ3) is 5.07. The van der Waals surface area contributed by atoms with Crippen LogP contribution in [0.4, 0.5) is 0 Å². The summed E-state index contributed by atoms with van der Waals surface area (Å²) in [6.45, 7) is 0. The standard InChI is InChI=1S/C45H27N3S2/c1-3-9-28(10-4-1)29-15-17-31(18-16-29)44-46-43(30-11-5-2-6-12-30)47-45(48-44)34-20-23-37-36-22-19-33(26-41(36)50-42(37)27-34)32-21-24-40-38(25-32)35-13-7-8-14-39(35)49-40/h1-27H. The Hall–Kier alpha value is -6.01. The SMILES string of the molecule is c1ccc(-c2ccc(-c3nc(-c4ccccc4)nc(-c4ccc5c(c4)sc4cc(-c6ccc7sc8ccccc8c7c6)ccc45)n3)cc2)cc1. The van der Waals surface area contributed by atoms with Crippen molar-refractivity contribution >= 4 is 63.0 Å². The van der Waals surface area contributed by atoms with Crippen LogP contribution in [0.3, 0.4) is 0 Å². The maximum absolute atomic E-state index is 5.04. The molecule has 3 heterocycles. The lowest BCUT2D eigenvalue weighted by Gasteiger charge is -2.09. The molecule has 0 fully saturated rings. The predicted molar refractivity (Wildman–Crippen MR) is 213 cm³/mol. The molecule has 0 radical (unpaired) electrons. The van der Waals surface area contributed by atoms with Gasteiger partial charge in [0.05, 0.1) is 0 Å². The summed E-state index contributed by atoms with van der Waals surface area (Å²) >= 11 is 3.68. The predicted octanol–water partition coefficient (Wildman–Crippen LogP) is 12.9. The van der Waals surface area contributed by atoms with Gasteiger partial charge in [-0.25, -0.2) is 15.0 Å². The molecule has 0 unspecified atom stereocenters. The van der Waals surface area contributed by atoms with Crippen LogP contribution in [0.5, 0.6) is 0 Å². The lowest BCUT2D eigenvalue weighted by atomic mass is 10.0. The first kappa shape index (κ1) is 29.0. The Morgan fingerprint density at radius 3 is 1.40 bits per heavy atom. The minimum absolute atomic E-state index is 0.657. The van der Waals surface area contributed by atoms with Gasteiger partial charge in [-0.05, 0) is 52.6 Å². The molecule has 0 aliphatic rings. The van der Waals surface area contributed by atoms with Crippen molar-refractivity contribution in [1.29, 1.82) is 0 Å². The van der Waals surface area contributed by atoms with Crippen molar-refractivity contribution in [3.8, 4) is 56.4 Å². The van der Waals surface area contributed by atoms with Gasteiger partial charge in [-0.3, -0.25) is 0 Å². The Kier molecular flexibility index (Phi) is 6.86. The number of rotatable bonds is 5. The number of aromatic nitrogens is 3. The van der Waals surface area contributed by atoms with Gasteiger partial charge in [0.15, 0.2) is 17.5 Å². The fourth-order valence-corrected chi connectivity index (χ4v) is 9.07. The quantitative estimate of drug-likeness (QED) is 0.182. The van der Waals surface area contributed by atoms with Crippen molar-refractivity contribution in [2.24, 2.45) is 0 Å². The van der Waals surface area contributed by atoms with E-state index in [1.807, 2.05) is 59.1 Å². The molecule has 10 rings (SSSR count). The van der Waals surface area contributed by atoms with Crippen LogP contribution in [0.2, 0.25) is 0 Å². The van der Waals surface area contributed by atoms with Gasteiger partial charge in [-0.15, -0.1) is 22.7 Å². The molecule has 3 aromatic heterocycles. The summed E-state index contributed by atoms with van der Waals surface area (Å²) in [5.41, 5.74) is 7.70. The van der Waals surface area contributed by atoms with Gasteiger partial charge in [-0.1, -0.05) is 133 Å². The van der Waals surface area contributed by atoms with E-state index in [0.717, 1.165) is 22.3 Å². The zero-order valence-electron chi connectivity index (χ0n) is 26.7. The number of thiophene rings is 2. The molecule has 0 spiro atoms. The van der Waals surface area contributed by atoms with E-state index in [0.29, 0.717) is 17.5 Å². The van der Waals surface area contributed by atoms with E-state index in [1.165, 1.54) is 57.0 Å². The maximum Gasteiger partial charge on any atom is 0.164 e. The molecule has 0 amide bonds. The smallest absolute Gasteiger partial charge is 0.164 e. The van der Waals surface area contributed by atoms with Gasteiger partial charge >= 0.3 is 0 Å². The summed E-state index contributed by atoms with van der Waals surface area (Å²) in [5, 5.41) is 5.16. The lowest BCUT2D eigenvalue weighted by Crippen LogP contribution is -2.00. The molecule has 0 N–H and O–H groups in total. The van der Waals surface area contributed by atoms with Crippen LogP contribution >= 0.6 is 22.7 Å². The van der Waals surface area contributed by atoms with Gasteiger partial charge in [0.2, 0.25) is 0 Å². The molecule has 3 nitrogen and oxygen atoms in total. The van der Waals surface area contributed by atoms with E-state index in [1.54, 1.807) is 0 Å². The van der Waals surface area contributed by atoms with E-state index in [2.05, 4.69) is 127 Å². The maximum atomic E-state index is 5.04. The van der Waals surface area contributed by atoms with Crippen LogP contribution in [0, 0.1) is 0 Å². The first-order chi connectivity index (χ1) is 24.7. The van der Waals surface area contributed by atoms with Crippen molar-refractivity contribution in [1.82, 2.24) is 15.0 Å². The van der Waals surface area contributed by atoms with Crippen LogP contribution in [-0.4, -0.2) is 15.0 Å². The molecule has 10 aromatic rings. The van der Waals surface area contributed by atoms with E-state index >= 15 is 0 Å². The molecule has 0 aliphatic carbocycles. The Bertz CT molecular complexity index is 2850. The molecule has 0 atom stereocenters. The largest absolute Gasteiger partial charge is 0.208 e. The molecule has 234 valence electrons. The van der Waals surface area contributed by atoms with E-state index in [4.69, 9.17) is 15.0 Å². The Labute approximate surface area is 296 Å². The molecule has 0 saturated heterocycles. The van der Waals surface area contributed by atoms with Gasteiger partial charge in [0.1, 0.15) is 0 Å². The lowest BCUT2D eigenvalue weighted by molar-refractivity contribution is 1.07. The van der Waals surface area contributed by atoms with Crippen LogP contribution in [0.15, 0.2) is 164 Å². The number of fused-ring (bicyclic) bond motifs is 6. The van der Waals surface area contributed by atoms with Crippen molar-refractivity contribution in [3.63, 3.8) is 0 Å². The summed E-state index contributed by atoms with van der Waals surface area (Å²) in [6, 6.07) is 58.0. The van der Waals surface area contributed by atoms with Crippen LogP contribution < -0.4 is 0 Å². The molecule has 50 heavy (non-hydrogen) atoms. The third-order valence-corrected chi connectivity index (χ3v) is 11.6. The number of hydrogen-bond acceptors (Lipinski definition) is 5. The molecule has 0 saturated carbocycles. The van der Waals surface area contributed by atoms with E-state index in [9.17, 15) is 0 Å². The minimum atomic E-state index is 0.657. The second-order valence-electron chi connectivity index (χ2n) is 12.4. The highest BCUT2D eigenvalue weighted by Crippen LogP contribution is 2.40. The Balaban J connectivity index is 1.05. The molecule has 5 heteroatoms. The molecule has 0 aliphatic heterocycles. The third-order valence-electron chi connectivity index (χ3n) is 9.36. The summed E-state index contributed by atoms with van der Waals surface area (Å²) < 4.78 is 5.14. The van der Waals surface area contributed by atoms with Crippen LogP contribution in [0.25, 0.3) is 96.8 Å². The van der Waals surface area contributed by atoms with E-state index in [-0.39, 0.29) is 0 Å². The molecule has 0 bridgehead atoms. The van der Waals surface area contributed by atoms with Crippen molar-refractivity contribution < 1.29 is 0 Å². The molecular weight excluding hydrogens is 647 g/mol. The Morgan fingerprint density at radius 1 is 0.260 bits per heavy atom. The van der Waals surface area contributed by atoms with E-state index < -0.39 is 0 Å². The fourth-order valence-electron chi connectivity index (χ4n) is 6.79. The van der Waals surface area contributed by atoms with Crippen molar-refractivity contribution in [2.45, 2.75) is 0 Å². The number of benzene rings is 7. The average molecular weight is 674 g/mol. The summed E-state index contributed by atoms with van der Waals surface area (Å²) in [5.74, 6) is 1.98. The average Bonchev–Trinajstić information content (AvgIpc) is 3.75. The second kappa shape index (κ2) is 11.8. The van der Waals surface area contributed by atoms with Crippen LogP contribution in [-0.2, 0) is 0 Å². The van der Waals surface area contributed by atoms with Crippen molar-refractivity contribution in [2.75, 3.05) is 0 Å². The van der Waals surface area contributed by atoms with Crippen molar-refractivity contribution in [3.05, 3.63) is 164 Å². The molecule has 7 aromatic carbocycles. The van der Waals surface area contributed by atoms with Gasteiger partial charge in [0, 0.05) is 57.0 Å². The minimum Gasteiger partial charge on any atom is -0.208 e. The topological polar surface area (TPSA) is 38.7 Å². The first-order valence-corrected chi connectivity index (χ1v) is 18.2. The summed E-state index contributed by atoms with van der Waals surface area (Å²) in [6.07, 6.45) is 0. The molecular formula is C45H27N3S2. The summed E-state index contributed by atoms with van der Waals surface area (Å²) in [7, 11) is 0. The monoisotopic (exact) mass is 673 g/mol. The first-order valence-electron chi connectivity index (χ1n) is 16.6. The zero-order chi connectivity index (χ0) is 33.0. The second-order valence-corrected chi connectivity index (χ2v) is 14.6. The fraction of sp³-hybridized carbons (Fsp3) is 0. The normalized spacial score (nSPS) is 11.6. The van der Waals surface area contributed by atoms with Gasteiger partial charge in [-0.2, -0.15) is 0 Å².